The second kappa shape index (κ2) is 8.10. The minimum absolute atomic E-state index is 0.471. The van der Waals surface area contributed by atoms with Crippen molar-refractivity contribution in [3.05, 3.63) is 71.8 Å². The van der Waals surface area contributed by atoms with E-state index in [0.29, 0.717) is 12.5 Å². The highest BCUT2D eigenvalue weighted by atomic mass is 15.1. The lowest BCUT2D eigenvalue weighted by Crippen LogP contribution is -2.07. The first-order valence-electron chi connectivity index (χ1n) is 9.47. The van der Waals surface area contributed by atoms with Gasteiger partial charge in [0.05, 0.1) is 23.6 Å². The van der Waals surface area contributed by atoms with Crippen LogP contribution in [-0.2, 0) is 6.54 Å². The Bertz CT molecular complexity index is 1100. The molecule has 0 aliphatic rings. The molecule has 0 saturated heterocycles. The van der Waals surface area contributed by atoms with Gasteiger partial charge in [-0.15, -0.1) is 0 Å². The molecular weight excluding hydrogens is 362 g/mol. The third kappa shape index (κ3) is 4.24. The lowest BCUT2D eigenvalue weighted by atomic mass is 10.1. The summed E-state index contributed by atoms with van der Waals surface area (Å²) >= 11 is 0. The van der Waals surface area contributed by atoms with E-state index < -0.39 is 0 Å². The average Bonchev–Trinajstić information content (AvgIpc) is 3.17. The molecule has 1 aromatic carbocycles. The summed E-state index contributed by atoms with van der Waals surface area (Å²) in [4.78, 5) is 21.6. The van der Waals surface area contributed by atoms with Crippen LogP contribution < -0.4 is 10.6 Å². The molecule has 0 radical (unpaired) electrons. The van der Waals surface area contributed by atoms with Crippen molar-refractivity contribution in [3.63, 3.8) is 0 Å². The third-order valence-electron chi connectivity index (χ3n) is 4.52. The molecule has 29 heavy (non-hydrogen) atoms. The number of nitrogens with one attached hydrogen (secondary N) is 3. The fourth-order valence-corrected chi connectivity index (χ4v) is 3.06. The fraction of sp³-hybridized carbons (Fsp3) is 0.182. The molecule has 3 aromatic heterocycles. The van der Waals surface area contributed by atoms with Crippen molar-refractivity contribution in [1.29, 1.82) is 0 Å². The molecule has 0 atom stereocenters. The maximum absolute atomic E-state index is 4.84. The van der Waals surface area contributed by atoms with Crippen molar-refractivity contribution in [2.75, 3.05) is 17.7 Å². The molecule has 0 amide bonds. The summed E-state index contributed by atoms with van der Waals surface area (Å²) in [5, 5.41) is 6.30. The highest BCUT2D eigenvalue weighted by Crippen LogP contribution is 2.29. The lowest BCUT2D eigenvalue weighted by molar-refractivity contribution is 0.961. The average molecular weight is 385 g/mol. The second-order valence-corrected chi connectivity index (χ2v) is 6.81. The zero-order chi connectivity index (χ0) is 20.2. The summed E-state index contributed by atoms with van der Waals surface area (Å²) in [6.07, 6.45) is 1.78. The van der Waals surface area contributed by atoms with Crippen LogP contribution in [0, 0.1) is 13.8 Å². The van der Waals surface area contributed by atoms with Gasteiger partial charge in [0, 0.05) is 30.6 Å². The van der Waals surface area contributed by atoms with Gasteiger partial charge < -0.3 is 15.6 Å². The number of imidazole rings is 1. The van der Waals surface area contributed by atoms with E-state index in [-0.39, 0.29) is 0 Å². The van der Waals surface area contributed by atoms with Crippen LogP contribution in [0.2, 0.25) is 0 Å². The van der Waals surface area contributed by atoms with Gasteiger partial charge in [0.2, 0.25) is 5.95 Å². The predicted molar refractivity (Wildman–Crippen MR) is 116 cm³/mol. The van der Waals surface area contributed by atoms with Crippen LogP contribution in [0.4, 0.5) is 11.8 Å². The number of H-pyrrole nitrogens is 1. The molecule has 4 rings (SSSR count). The van der Waals surface area contributed by atoms with E-state index >= 15 is 0 Å². The fourth-order valence-electron chi connectivity index (χ4n) is 3.06. The van der Waals surface area contributed by atoms with Gasteiger partial charge in [0.15, 0.2) is 0 Å². The monoisotopic (exact) mass is 385 g/mol. The van der Waals surface area contributed by atoms with Gasteiger partial charge in [0.25, 0.3) is 0 Å². The smallest absolute Gasteiger partial charge is 0.225 e. The van der Waals surface area contributed by atoms with Crippen molar-refractivity contribution in [2.45, 2.75) is 20.4 Å². The number of pyridine rings is 1. The zero-order valence-corrected chi connectivity index (χ0v) is 16.7. The number of benzene rings is 1. The van der Waals surface area contributed by atoms with Gasteiger partial charge in [0.1, 0.15) is 11.6 Å². The van der Waals surface area contributed by atoms with E-state index in [0.717, 1.165) is 40.0 Å². The van der Waals surface area contributed by atoms with Crippen molar-refractivity contribution in [3.8, 4) is 22.6 Å². The first-order chi connectivity index (χ1) is 14.1. The minimum atomic E-state index is 0.471. The van der Waals surface area contributed by atoms with Crippen molar-refractivity contribution in [1.82, 2.24) is 24.9 Å². The van der Waals surface area contributed by atoms with E-state index in [1.807, 2.05) is 38.2 Å². The van der Waals surface area contributed by atoms with Crippen LogP contribution >= 0.6 is 0 Å². The molecule has 4 aromatic rings. The maximum Gasteiger partial charge on any atom is 0.225 e. The van der Waals surface area contributed by atoms with Crippen LogP contribution in [0.3, 0.4) is 0 Å². The number of hydrogen-bond donors (Lipinski definition) is 3. The topological polar surface area (TPSA) is 91.4 Å². The Morgan fingerprint density at radius 3 is 2.52 bits per heavy atom. The van der Waals surface area contributed by atoms with Gasteiger partial charge in [-0.3, -0.25) is 4.98 Å². The maximum atomic E-state index is 4.84. The second-order valence-electron chi connectivity index (χ2n) is 6.81. The number of rotatable bonds is 6. The molecule has 0 aliphatic carbocycles. The number of aromatic nitrogens is 5. The summed E-state index contributed by atoms with van der Waals surface area (Å²) in [7, 11) is 1.84. The summed E-state index contributed by atoms with van der Waals surface area (Å²) in [5.41, 5.74) is 5.77. The van der Waals surface area contributed by atoms with Crippen LogP contribution in [0.15, 0.2) is 54.7 Å². The van der Waals surface area contributed by atoms with Crippen LogP contribution in [0.25, 0.3) is 22.6 Å². The van der Waals surface area contributed by atoms with Gasteiger partial charge >= 0.3 is 0 Å². The lowest BCUT2D eigenvalue weighted by Gasteiger charge is -2.06. The molecule has 7 heteroatoms. The normalized spacial score (nSPS) is 10.7. The molecule has 0 fully saturated rings. The van der Waals surface area contributed by atoms with Gasteiger partial charge in [-0.25, -0.2) is 9.97 Å². The van der Waals surface area contributed by atoms with Gasteiger partial charge in [-0.2, -0.15) is 4.98 Å². The van der Waals surface area contributed by atoms with Crippen LogP contribution in [0.1, 0.15) is 17.1 Å². The standard InChI is InChI=1S/C22H23N7/c1-14-7-9-16(10-8-14)20-21(17-6-4-5-11-24-17)28-19(27-20)13-25-22-26-15(2)12-18(23-3)29-22/h4-12H,13H2,1-3H3,(H,27,28)(H2,23,25,26,29). The number of aromatic amines is 1. The SMILES string of the molecule is CNc1cc(C)nc(NCc2nc(-c3ccc(C)cc3)c(-c3ccccn3)[nH]2)n1. The van der Waals surface area contributed by atoms with Crippen LogP contribution in [-0.4, -0.2) is 32.0 Å². The number of anilines is 2. The highest BCUT2D eigenvalue weighted by Gasteiger charge is 2.15. The van der Waals surface area contributed by atoms with E-state index in [1.54, 1.807) is 6.20 Å². The first-order valence-corrected chi connectivity index (χ1v) is 9.47. The summed E-state index contributed by atoms with van der Waals surface area (Å²) in [5.74, 6) is 2.12. The Morgan fingerprint density at radius 2 is 1.79 bits per heavy atom. The molecule has 0 spiro atoms. The molecule has 3 N–H and O–H groups in total. The summed E-state index contributed by atoms with van der Waals surface area (Å²) in [6.45, 7) is 4.48. The zero-order valence-electron chi connectivity index (χ0n) is 16.7. The Labute approximate surface area is 169 Å². The molecule has 146 valence electrons. The number of hydrogen-bond acceptors (Lipinski definition) is 6. The molecule has 0 aliphatic heterocycles. The molecule has 7 nitrogen and oxygen atoms in total. The van der Waals surface area contributed by atoms with Crippen LogP contribution in [0.5, 0.6) is 0 Å². The highest BCUT2D eigenvalue weighted by molar-refractivity contribution is 5.76. The number of aryl methyl sites for hydroxylation is 2. The summed E-state index contributed by atoms with van der Waals surface area (Å²) < 4.78 is 0. The Morgan fingerprint density at radius 1 is 0.966 bits per heavy atom. The Hall–Kier alpha value is -3.74. The predicted octanol–water partition coefficient (Wildman–Crippen LogP) is 4.20. The Balaban J connectivity index is 1.66. The quantitative estimate of drug-likeness (QED) is 0.461. The molecular formula is C22H23N7. The molecule has 0 saturated carbocycles. The van der Waals surface area contributed by atoms with Crippen molar-refractivity contribution in [2.24, 2.45) is 0 Å². The minimum Gasteiger partial charge on any atom is -0.373 e. The summed E-state index contributed by atoms with van der Waals surface area (Å²) in [6, 6.07) is 16.1. The first kappa shape index (κ1) is 18.6. The van der Waals surface area contributed by atoms with E-state index in [2.05, 4.69) is 61.8 Å². The van der Waals surface area contributed by atoms with Gasteiger partial charge in [-0.1, -0.05) is 35.9 Å². The third-order valence-corrected chi connectivity index (χ3v) is 4.52. The van der Waals surface area contributed by atoms with Gasteiger partial charge in [-0.05, 0) is 26.0 Å². The molecule has 0 bridgehead atoms. The molecule has 3 heterocycles. The van der Waals surface area contributed by atoms with Crippen molar-refractivity contribution < 1.29 is 0 Å². The largest absolute Gasteiger partial charge is 0.373 e. The molecule has 0 unspecified atom stereocenters. The van der Waals surface area contributed by atoms with Crippen molar-refractivity contribution >= 4 is 11.8 Å². The number of nitrogens with zero attached hydrogens (tertiary/aromatic N) is 4. The van der Waals surface area contributed by atoms with E-state index in [9.17, 15) is 0 Å². The van der Waals surface area contributed by atoms with E-state index in [1.165, 1.54) is 5.56 Å². The van der Waals surface area contributed by atoms with E-state index in [4.69, 9.17) is 4.98 Å². The Kier molecular flexibility index (Phi) is 5.20.